The van der Waals surface area contributed by atoms with Crippen molar-refractivity contribution in [2.75, 3.05) is 44.4 Å². The molecule has 7 rings (SSSR count). The van der Waals surface area contributed by atoms with Gasteiger partial charge in [-0.05, 0) is 70.3 Å². The Balaban J connectivity index is 1.28. The molecule has 1 aromatic carbocycles. The summed E-state index contributed by atoms with van der Waals surface area (Å²) in [5, 5.41) is 14.9. The fourth-order valence-corrected chi connectivity index (χ4v) is 10.7. The Hall–Kier alpha value is -4.65. The first-order valence-corrected chi connectivity index (χ1v) is 22.8. The predicted molar refractivity (Wildman–Crippen MR) is 223 cm³/mol. The van der Waals surface area contributed by atoms with Crippen molar-refractivity contribution >= 4 is 50.3 Å². The SMILES string of the molecule is C[C@H]1CC/C=C\[C@@H]2C[C@@]2(C(=O)NS(=O)(=O)C2(CF)CC2)NC(=O)[C@@H]2C[C@@H](Oc3ncc(N4CCOCC4)c4ccccc34)CN2C(=O)[C@@H](N(C(=O)O)C(C)(C)C(C)(F)F)[C@H](C)C1. The highest BCUT2D eigenvalue weighted by Gasteiger charge is 2.64. The number of aromatic nitrogens is 1. The third-order valence-corrected chi connectivity index (χ3v) is 15.9. The Kier molecular flexibility index (Phi) is 12.3. The van der Waals surface area contributed by atoms with Gasteiger partial charge in [-0.25, -0.2) is 31.4 Å². The van der Waals surface area contributed by atoms with Crippen LogP contribution in [0.25, 0.3) is 10.8 Å². The zero-order valence-corrected chi connectivity index (χ0v) is 36.6. The Morgan fingerprint density at radius 3 is 2.40 bits per heavy atom. The van der Waals surface area contributed by atoms with Crippen molar-refractivity contribution in [1.82, 2.24) is 24.8 Å². The van der Waals surface area contributed by atoms with Gasteiger partial charge in [0.25, 0.3) is 11.8 Å². The van der Waals surface area contributed by atoms with Crippen LogP contribution in [0, 0.1) is 17.8 Å². The summed E-state index contributed by atoms with van der Waals surface area (Å²) in [6.45, 7) is 7.14. The van der Waals surface area contributed by atoms with Gasteiger partial charge in [-0.3, -0.25) is 24.0 Å². The van der Waals surface area contributed by atoms with Crippen LogP contribution in [0.3, 0.4) is 0 Å². The number of nitrogens with one attached hydrogen (secondary N) is 2. The van der Waals surface area contributed by atoms with Crippen molar-refractivity contribution in [3.05, 3.63) is 42.6 Å². The zero-order chi connectivity index (χ0) is 45.0. The lowest BCUT2D eigenvalue weighted by molar-refractivity contribution is -0.156. The lowest BCUT2D eigenvalue weighted by Gasteiger charge is -2.47. The van der Waals surface area contributed by atoms with Crippen LogP contribution in [0.2, 0.25) is 0 Å². The standard InChI is InChI=1S/C43H57F3N6O9S/c1-26-10-6-7-11-28-22-43(28,38(55)49-62(58,59)42(25-44)14-15-42)48-35(53)32-21-29(61-36-31-13-9-8-12-30(31)33(23-47-36)50-16-18-60-19-17-50)24-51(32)37(54)34(27(2)20-26)52(39(56)57)40(3,4)41(5,45)46/h7-9,11-13,23,26-29,32,34H,6,10,14-22,24-25H2,1-5H3,(H,48,53)(H,49,55)(H,56,57)/b11-7-/t26-,27+,28+,29+,32-,34-,43+/m0/s1. The van der Waals surface area contributed by atoms with E-state index in [2.05, 4.69) is 15.2 Å². The fraction of sp³-hybridized carbons (Fsp3) is 0.651. The molecule has 19 heteroatoms. The number of nitrogens with zero attached hydrogens (tertiary/aromatic N) is 4. The van der Waals surface area contributed by atoms with E-state index in [0.29, 0.717) is 56.4 Å². The summed E-state index contributed by atoms with van der Waals surface area (Å²) < 4.78 is 83.7. The molecule has 62 heavy (non-hydrogen) atoms. The number of pyridine rings is 1. The van der Waals surface area contributed by atoms with E-state index >= 15 is 13.6 Å². The average Bonchev–Trinajstić information content (AvgIpc) is 4.12. The Bertz CT molecular complexity index is 2210. The number of hydrogen-bond acceptors (Lipinski definition) is 10. The number of hydrogen-bond donors (Lipinski definition) is 3. The van der Waals surface area contributed by atoms with Gasteiger partial charge in [0.1, 0.15) is 40.7 Å². The van der Waals surface area contributed by atoms with E-state index in [9.17, 15) is 32.3 Å². The highest BCUT2D eigenvalue weighted by atomic mass is 32.2. The summed E-state index contributed by atoms with van der Waals surface area (Å²) in [6, 6.07) is 4.32. The number of anilines is 1. The molecule has 7 atom stereocenters. The molecule has 0 spiro atoms. The van der Waals surface area contributed by atoms with E-state index in [-0.39, 0.29) is 50.4 Å². The molecule has 3 aliphatic heterocycles. The summed E-state index contributed by atoms with van der Waals surface area (Å²) in [5.41, 5.74) is -3.32. The molecule has 2 saturated carbocycles. The maximum absolute atomic E-state index is 15.4. The number of carbonyl (C=O) groups is 4. The van der Waals surface area contributed by atoms with Crippen molar-refractivity contribution in [1.29, 1.82) is 0 Å². The molecule has 2 aliphatic carbocycles. The number of rotatable bonds is 10. The number of morpholine rings is 1. The molecular formula is C43H57F3N6O9S. The van der Waals surface area contributed by atoms with Crippen LogP contribution in [-0.2, 0) is 29.1 Å². The molecular weight excluding hydrogens is 834 g/mol. The molecule has 0 radical (unpaired) electrons. The van der Waals surface area contributed by atoms with E-state index in [1.807, 2.05) is 42.0 Å². The van der Waals surface area contributed by atoms with Crippen LogP contribution < -0.4 is 19.7 Å². The number of benzene rings is 1. The molecule has 4 amide bonds. The normalized spacial score (nSPS) is 29.9. The monoisotopic (exact) mass is 890 g/mol. The number of sulfonamides is 1. The van der Waals surface area contributed by atoms with Crippen LogP contribution in [-0.4, -0.2) is 132 Å². The van der Waals surface area contributed by atoms with Crippen LogP contribution in [0.1, 0.15) is 79.6 Å². The van der Waals surface area contributed by atoms with Gasteiger partial charge in [-0.1, -0.05) is 44.2 Å². The maximum atomic E-state index is 15.4. The number of alkyl halides is 3. The van der Waals surface area contributed by atoms with Gasteiger partial charge in [0.15, 0.2) is 0 Å². The molecule has 15 nitrogen and oxygen atoms in total. The van der Waals surface area contributed by atoms with Crippen LogP contribution >= 0.6 is 0 Å². The highest BCUT2D eigenvalue weighted by molar-refractivity contribution is 7.91. The Morgan fingerprint density at radius 2 is 1.77 bits per heavy atom. The van der Waals surface area contributed by atoms with Crippen LogP contribution in [0.5, 0.6) is 5.88 Å². The van der Waals surface area contributed by atoms with Gasteiger partial charge in [-0.15, -0.1) is 0 Å². The average molecular weight is 891 g/mol. The Labute approximate surface area is 359 Å². The van der Waals surface area contributed by atoms with Gasteiger partial charge in [0.05, 0.1) is 31.6 Å². The molecule has 4 fully saturated rings. The molecule has 4 heterocycles. The van der Waals surface area contributed by atoms with Gasteiger partial charge in [-0.2, -0.15) is 0 Å². The smallest absolute Gasteiger partial charge is 0.408 e. The van der Waals surface area contributed by atoms with Crippen LogP contribution in [0.4, 0.5) is 23.7 Å². The van der Waals surface area contributed by atoms with Crippen LogP contribution in [0.15, 0.2) is 42.6 Å². The molecule has 5 aliphatic rings. The lowest BCUT2D eigenvalue weighted by atomic mass is 9.84. The number of amides is 4. The molecule has 340 valence electrons. The molecule has 2 saturated heterocycles. The molecule has 0 unspecified atom stereocenters. The topological polar surface area (TPSA) is 188 Å². The molecule has 0 bridgehead atoms. The third-order valence-electron chi connectivity index (χ3n) is 13.8. The fourth-order valence-electron chi connectivity index (χ4n) is 9.27. The van der Waals surface area contributed by atoms with Gasteiger partial charge in [0.2, 0.25) is 27.7 Å². The van der Waals surface area contributed by atoms with Crippen molar-refractivity contribution in [3.8, 4) is 5.88 Å². The number of ether oxygens (including phenoxy) is 2. The van der Waals surface area contributed by atoms with E-state index in [1.165, 1.54) is 0 Å². The molecule has 1 aromatic heterocycles. The summed E-state index contributed by atoms with van der Waals surface area (Å²) in [5.74, 6) is -7.83. The van der Waals surface area contributed by atoms with E-state index < -0.39 is 92.3 Å². The van der Waals surface area contributed by atoms with Crippen molar-refractivity contribution < 1.29 is 55.3 Å². The molecule has 2 aromatic rings. The quantitative estimate of drug-likeness (QED) is 0.272. The summed E-state index contributed by atoms with van der Waals surface area (Å²) in [6.07, 6.45) is 3.69. The summed E-state index contributed by atoms with van der Waals surface area (Å²) >= 11 is 0. The number of carbonyl (C=O) groups excluding carboxylic acids is 3. The highest BCUT2D eigenvalue weighted by Crippen LogP contribution is 2.48. The second kappa shape index (κ2) is 16.8. The number of fused-ring (bicyclic) bond motifs is 3. The van der Waals surface area contributed by atoms with Gasteiger partial charge >= 0.3 is 6.09 Å². The zero-order valence-electron chi connectivity index (χ0n) is 35.7. The second-order valence-corrected chi connectivity index (χ2v) is 20.5. The minimum absolute atomic E-state index is 0.00694. The largest absolute Gasteiger partial charge is 0.472 e. The number of carboxylic acid groups (broad SMARTS) is 1. The number of halogens is 3. The first kappa shape index (κ1) is 45.4. The third kappa shape index (κ3) is 8.42. The van der Waals surface area contributed by atoms with Gasteiger partial charge in [0, 0.05) is 43.1 Å². The summed E-state index contributed by atoms with van der Waals surface area (Å²) in [7, 11) is -4.48. The van der Waals surface area contributed by atoms with E-state index in [0.717, 1.165) is 29.8 Å². The van der Waals surface area contributed by atoms with Crippen molar-refractivity contribution in [2.24, 2.45) is 17.8 Å². The summed E-state index contributed by atoms with van der Waals surface area (Å²) in [4.78, 5) is 65.6. The first-order valence-electron chi connectivity index (χ1n) is 21.4. The van der Waals surface area contributed by atoms with Crippen molar-refractivity contribution in [3.63, 3.8) is 0 Å². The van der Waals surface area contributed by atoms with E-state index in [4.69, 9.17) is 9.47 Å². The van der Waals surface area contributed by atoms with Gasteiger partial charge < -0.3 is 29.7 Å². The lowest BCUT2D eigenvalue weighted by Crippen LogP contribution is -2.66. The predicted octanol–water partition coefficient (Wildman–Crippen LogP) is 5.04. The second-order valence-electron chi connectivity index (χ2n) is 18.5. The Morgan fingerprint density at radius 1 is 1.10 bits per heavy atom. The van der Waals surface area contributed by atoms with E-state index in [1.54, 1.807) is 19.2 Å². The number of allylic oxidation sites excluding steroid dienone is 1. The minimum Gasteiger partial charge on any atom is -0.472 e. The minimum atomic E-state index is -4.48. The molecule has 3 N–H and O–H groups in total. The first-order chi connectivity index (χ1) is 29.2. The van der Waals surface area contributed by atoms with Crippen molar-refractivity contribution in [2.45, 2.75) is 119 Å². The maximum Gasteiger partial charge on any atom is 0.408 e.